The Morgan fingerprint density at radius 3 is 3.12 bits per heavy atom. The second kappa shape index (κ2) is 5.54. The molecule has 0 amide bonds. The first-order valence-corrected chi connectivity index (χ1v) is 6.93. The molecule has 17 heavy (non-hydrogen) atoms. The van der Waals surface area contributed by atoms with Gasteiger partial charge in [0.05, 0.1) is 5.56 Å². The van der Waals surface area contributed by atoms with Crippen molar-refractivity contribution < 1.29 is 13.9 Å². The van der Waals surface area contributed by atoms with E-state index in [0.29, 0.717) is 17.7 Å². The molecular weight excluding hydrogens is 239 g/mol. The van der Waals surface area contributed by atoms with Gasteiger partial charge in [0.2, 0.25) is 0 Å². The van der Waals surface area contributed by atoms with Crippen LogP contribution >= 0.6 is 11.8 Å². The molecule has 1 aliphatic rings. The summed E-state index contributed by atoms with van der Waals surface area (Å²) in [5.74, 6) is 2.12. The van der Waals surface area contributed by atoms with Gasteiger partial charge >= 0.3 is 0 Å². The van der Waals surface area contributed by atoms with Crippen molar-refractivity contribution in [1.82, 2.24) is 0 Å². The Balaban J connectivity index is 2.06. The number of ketones is 1. The van der Waals surface area contributed by atoms with Crippen LogP contribution in [-0.4, -0.2) is 23.4 Å². The molecule has 0 bridgehead atoms. The van der Waals surface area contributed by atoms with Gasteiger partial charge in [-0.3, -0.25) is 4.79 Å². The van der Waals surface area contributed by atoms with Crippen molar-refractivity contribution in [2.45, 2.75) is 25.9 Å². The summed E-state index contributed by atoms with van der Waals surface area (Å²) in [5, 5.41) is 0. The van der Waals surface area contributed by atoms with E-state index in [-0.39, 0.29) is 17.7 Å². The molecule has 1 heterocycles. The molecule has 0 aromatic heterocycles. The number of Topliss-reactive ketones (excluding diaryl/α,β-unsaturated/α-hetero) is 1. The normalized spacial score (nSPS) is 18.7. The van der Waals surface area contributed by atoms with Crippen molar-refractivity contribution in [3.05, 3.63) is 29.6 Å². The quantitative estimate of drug-likeness (QED) is 0.771. The van der Waals surface area contributed by atoms with E-state index in [1.165, 1.54) is 18.2 Å². The van der Waals surface area contributed by atoms with Crippen LogP contribution in [0.25, 0.3) is 0 Å². The number of halogens is 1. The van der Waals surface area contributed by atoms with Crippen molar-refractivity contribution in [3.63, 3.8) is 0 Å². The van der Waals surface area contributed by atoms with Crippen LogP contribution in [0.3, 0.4) is 0 Å². The van der Waals surface area contributed by atoms with Crippen LogP contribution in [-0.2, 0) is 0 Å². The van der Waals surface area contributed by atoms with Crippen LogP contribution < -0.4 is 4.74 Å². The fraction of sp³-hybridized carbons (Fsp3) is 0.462. The highest BCUT2D eigenvalue weighted by molar-refractivity contribution is 7.99. The maximum Gasteiger partial charge on any atom is 0.170 e. The summed E-state index contributed by atoms with van der Waals surface area (Å²) in [7, 11) is 0. The molecule has 1 aliphatic heterocycles. The Hall–Kier alpha value is -1.03. The van der Waals surface area contributed by atoms with E-state index >= 15 is 0 Å². The van der Waals surface area contributed by atoms with Crippen LogP contribution in [0, 0.1) is 5.82 Å². The third-order valence-corrected chi connectivity index (χ3v) is 3.67. The molecule has 1 atom stereocenters. The minimum absolute atomic E-state index is 0.0535. The summed E-state index contributed by atoms with van der Waals surface area (Å²) in [6, 6.07) is 4.10. The molecule has 92 valence electrons. The van der Waals surface area contributed by atoms with Crippen molar-refractivity contribution in [2.24, 2.45) is 0 Å². The minimum Gasteiger partial charge on any atom is -0.489 e. The summed E-state index contributed by atoms with van der Waals surface area (Å²) in [5.41, 5.74) is 0.505. The van der Waals surface area contributed by atoms with Crippen molar-refractivity contribution in [1.29, 1.82) is 0 Å². The van der Waals surface area contributed by atoms with Gasteiger partial charge in [0.15, 0.2) is 5.78 Å². The van der Waals surface area contributed by atoms with E-state index in [1.54, 1.807) is 0 Å². The zero-order chi connectivity index (χ0) is 12.3. The Labute approximate surface area is 105 Å². The third kappa shape index (κ3) is 3.00. The maximum absolute atomic E-state index is 13.1. The monoisotopic (exact) mass is 254 g/mol. The molecule has 0 fully saturated rings. The lowest BCUT2D eigenvalue weighted by molar-refractivity contribution is 0.0846. The lowest BCUT2D eigenvalue weighted by Gasteiger charge is -2.25. The van der Waals surface area contributed by atoms with Gasteiger partial charge in [-0.05, 0) is 30.1 Å². The molecule has 0 spiro atoms. The summed E-state index contributed by atoms with van der Waals surface area (Å²) < 4.78 is 18.7. The fourth-order valence-corrected chi connectivity index (χ4v) is 2.60. The molecule has 0 N–H and O–H groups in total. The number of benzene rings is 1. The second-order valence-corrected chi connectivity index (χ2v) is 5.39. The molecule has 1 aromatic carbocycles. The van der Waals surface area contributed by atoms with Gasteiger partial charge in [0.25, 0.3) is 0 Å². The summed E-state index contributed by atoms with van der Waals surface area (Å²) in [4.78, 5) is 11.8. The van der Waals surface area contributed by atoms with Crippen molar-refractivity contribution >= 4 is 17.5 Å². The molecule has 0 saturated carbocycles. The minimum atomic E-state index is -0.361. The van der Waals surface area contributed by atoms with Gasteiger partial charge in [0, 0.05) is 12.5 Å². The summed E-state index contributed by atoms with van der Waals surface area (Å²) in [6.45, 7) is 2.10. The lowest BCUT2D eigenvalue weighted by atomic mass is 9.99. The molecular formula is C13H15FO2S. The van der Waals surface area contributed by atoms with Gasteiger partial charge in [-0.15, -0.1) is 0 Å². The van der Waals surface area contributed by atoms with Crippen LogP contribution in [0.2, 0.25) is 0 Å². The highest BCUT2D eigenvalue weighted by Gasteiger charge is 2.26. The molecule has 0 saturated heterocycles. The highest BCUT2D eigenvalue weighted by atomic mass is 32.2. The van der Waals surface area contributed by atoms with E-state index < -0.39 is 0 Å². The number of carbonyl (C=O) groups is 1. The van der Waals surface area contributed by atoms with Crippen LogP contribution in [0.5, 0.6) is 5.75 Å². The smallest absolute Gasteiger partial charge is 0.170 e. The largest absolute Gasteiger partial charge is 0.489 e. The Bertz CT molecular complexity index is 420. The van der Waals surface area contributed by atoms with Crippen molar-refractivity contribution in [2.75, 3.05) is 11.5 Å². The van der Waals surface area contributed by atoms with Crippen LogP contribution in [0.1, 0.15) is 30.1 Å². The molecule has 2 nitrogen and oxygen atoms in total. The van der Waals surface area contributed by atoms with Gasteiger partial charge in [-0.25, -0.2) is 4.39 Å². The Kier molecular flexibility index (Phi) is 4.05. The summed E-state index contributed by atoms with van der Waals surface area (Å²) in [6.07, 6.45) is 1.14. The average Bonchev–Trinajstić information content (AvgIpc) is 2.28. The molecule has 1 unspecified atom stereocenters. The first-order valence-electron chi connectivity index (χ1n) is 5.78. The van der Waals surface area contributed by atoms with Gasteiger partial charge in [0.1, 0.15) is 17.7 Å². The molecule has 4 heteroatoms. The van der Waals surface area contributed by atoms with Crippen LogP contribution in [0.4, 0.5) is 4.39 Å². The second-order valence-electron chi connectivity index (χ2n) is 3.99. The van der Waals surface area contributed by atoms with Crippen molar-refractivity contribution in [3.8, 4) is 5.75 Å². The lowest BCUT2D eigenvalue weighted by Crippen LogP contribution is -2.27. The molecule has 0 aliphatic carbocycles. The van der Waals surface area contributed by atoms with E-state index in [2.05, 4.69) is 6.92 Å². The molecule has 0 radical (unpaired) electrons. The first-order chi connectivity index (χ1) is 8.20. The zero-order valence-electron chi connectivity index (χ0n) is 9.74. The number of thioether (sulfide) groups is 1. The number of carbonyl (C=O) groups excluding carboxylic acids is 1. The predicted molar refractivity (Wildman–Crippen MR) is 67.4 cm³/mol. The molecule has 2 rings (SSSR count). The topological polar surface area (TPSA) is 26.3 Å². The third-order valence-electron chi connectivity index (χ3n) is 2.74. The molecule has 1 aromatic rings. The van der Waals surface area contributed by atoms with E-state index in [1.807, 2.05) is 11.8 Å². The number of hydrogen-bond donors (Lipinski definition) is 0. The number of rotatable bonds is 4. The number of fused-ring (bicyclic) bond motifs is 1. The SMILES string of the molecule is CCSCCC1CC(=O)c2ccc(F)cc2O1. The number of ether oxygens (including phenoxy) is 1. The van der Waals surface area contributed by atoms with Crippen LogP contribution in [0.15, 0.2) is 18.2 Å². The van der Waals surface area contributed by atoms with E-state index in [9.17, 15) is 9.18 Å². The predicted octanol–water partition coefficient (Wildman–Crippen LogP) is 3.30. The van der Waals surface area contributed by atoms with Gasteiger partial charge in [-0.1, -0.05) is 6.92 Å². The van der Waals surface area contributed by atoms with Gasteiger partial charge < -0.3 is 4.74 Å². The number of hydrogen-bond acceptors (Lipinski definition) is 3. The highest BCUT2D eigenvalue weighted by Crippen LogP contribution is 2.29. The van der Waals surface area contributed by atoms with E-state index in [4.69, 9.17) is 4.74 Å². The Morgan fingerprint density at radius 2 is 2.35 bits per heavy atom. The maximum atomic E-state index is 13.1. The average molecular weight is 254 g/mol. The standard InChI is InChI=1S/C13H15FO2S/c1-2-17-6-5-10-8-12(15)11-4-3-9(14)7-13(11)16-10/h3-4,7,10H,2,5-6,8H2,1H3. The van der Waals surface area contributed by atoms with E-state index in [0.717, 1.165) is 17.9 Å². The van der Waals surface area contributed by atoms with Gasteiger partial charge in [-0.2, -0.15) is 11.8 Å². The summed E-state index contributed by atoms with van der Waals surface area (Å²) >= 11 is 1.82. The zero-order valence-corrected chi connectivity index (χ0v) is 10.6. The first kappa shape index (κ1) is 12.4. The fourth-order valence-electron chi connectivity index (χ4n) is 1.88. The Morgan fingerprint density at radius 1 is 1.53 bits per heavy atom.